The van der Waals surface area contributed by atoms with Gasteiger partial charge in [0.15, 0.2) is 5.16 Å². The van der Waals surface area contributed by atoms with Crippen LogP contribution in [0.3, 0.4) is 0 Å². The number of hydrogen-bond acceptors (Lipinski definition) is 5. The minimum atomic E-state index is -0.373. The van der Waals surface area contributed by atoms with Crippen LogP contribution in [0.15, 0.2) is 45.7 Å². The number of nitrogens with zero attached hydrogens (tertiary/aromatic N) is 2. The van der Waals surface area contributed by atoms with Gasteiger partial charge in [0.25, 0.3) is 5.56 Å². The van der Waals surface area contributed by atoms with Crippen molar-refractivity contribution in [1.82, 2.24) is 14.9 Å². The predicted octanol–water partition coefficient (Wildman–Crippen LogP) is 3.74. The van der Waals surface area contributed by atoms with Crippen LogP contribution in [-0.2, 0) is 4.79 Å². The molecule has 2 aromatic heterocycles. The second-order valence-electron chi connectivity index (χ2n) is 6.48. The lowest BCUT2D eigenvalue weighted by Gasteiger charge is -2.14. The Morgan fingerprint density at radius 2 is 2.00 bits per heavy atom. The average Bonchev–Trinajstić information content (AvgIpc) is 3.33. The molecule has 2 heterocycles. The molecule has 1 aliphatic carbocycles. The van der Waals surface area contributed by atoms with E-state index in [0.717, 1.165) is 25.7 Å². The molecule has 0 saturated heterocycles. The van der Waals surface area contributed by atoms with E-state index in [1.165, 1.54) is 39.8 Å². The first-order chi connectivity index (χ1) is 13.1. The van der Waals surface area contributed by atoms with E-state index in [-0.39, 0.29) is 29.1 Å². The maximum absolute atomic E-state index is 13.3. The number of thiophene rings is 1. The van der Waals surface area contributed by atoms with Crippen molar-refractivity contribution < 1.29 is 9.18 Å². The molecule has 1 saturated carbocycles. The molecule has 1 N–H and O–H groups in total. The molecule has 1 amide bonds. The zero-order valence-electron chi connectivity index (χ0n) is 14.5. The van der Waals surface area contributed by atoms with Crippen LogP contribution in [0.2, 0.25) is 0 Å². The zero-order valence-corrected chi connectivity index (χ0v) is 16.1. The molecule has 0 spiro atoms. The monoisotopic (exact) mass is 403 g/mol. The van der Waals surface area contributed by atoms with Gasteiger partial charge < -0.3 is 5.32 Å². The summed E-state index contributed by atoms with van der Waals surface area (Å²) in [6.07, 6.45) is 4.35. The number of rotatable bonds is 5. The van der Waals surface area contributed by atoms with Crippen molar-refractivity contribution >= 4 is 39.2 Å². The molecule has 0 radical (unpaired) electrons. The van der Waals surface area contributed by atoms with Crippen LogP contribution in [0.1, 0.15) is 25.7 Å². The number of halogens is 1. The van der Waals surface area contributed by atoms with Crippen LogP contribution in [-0.4, -0.2) is 27.3 Å². The number of hydrogen-bond donors (Lipinski definition) is 1. The zero-order chi connectivity index (χ0) is 18.8. The van der Waals surface area contributed by atoms with Gasteiger partial charge in [0, 0.05) is 6.04 Å². The number of benzene rings is 1. The van der Waals surface area contributed by atoms with Gasteiger partial charge in [-0.15, -0.1) is 11.3 Å². The van der Waals surface area contributed by atoms with Crippen LogP contribution >= 0.6 is 23.1 Å². The topological polar surface area (TPSA) is 64.0 Å². The van der Waals surface area contributed by atoms with E-state index in [0.29, 0.717) is 21.1 Å². The van der Waals surface area contributed by atoms with E-state index in [1.54, 1.807) is 18.2 Å². The van der Waals surface area contributed by atoms with Crippen molar-refractivity contribution in [3.63, 3.8) is 0 Å². The molecule has 1 aliphatic rings. The number of fused-ring (bicyclic) bond motifs is 1. The van der Waals surface area contributed by atoms with E-state index in [4.69, 9.17) is 0 Å². The predicted molar refractivity (Wildman–Crippen MR) is 106 cm³/mol. The van der Waals surface area contributed by atoms with Crippen molar-refractivity contribution in [1.29, 1.82) is 0 Å². The summed E-state index contributed by atoms with van der Waals surface area (Å²) in [4.78, 5) is 29.8. The van der Waals surface area contributed by atoms with Gasteiger partial charge in [-0.05, 0) is 48.6 Å². The molecule has 1 aromatic carbocycles. The van der Waals surface area contributed by atoms with Crippen LogP contribution in [0.4, 0.5) is 4.39 Å². The molecule has 5 nitrogen and oxygen atoms in total. The fourth-order valence-electron chi connectivity index (χ4n) is 3.28. The third-order valence-electron chi connectivity index (χ3n) is 4.59. The maximum atomic E-state index is 13.3. The first-order valence-corrected chi connectivity index (χ1v) is 10.7. The number of nitrogens with one attached hydrogen (secondary N) is 1. The average molecular weight is 404 g/mol. The molecule has 0 atom stereocenters. The molecular formula is C19H18FN3O2S2. The van der Waals surface area contributed by atoms with E-state index in [9.17, 15) is 14.0 Å². The van der Waals surface area contributed by atoms with Crippen LogP contribution in [0, 0.1) is 5.82 Å². The highest BCUT2D eigenvalue weighted by Gasteiger charge is 2.19. The second-order valence-corrected chi connectivity index (χ2v) is 8.34. The summed E-state index contributed by atoms with van der Waals surface area (Å²) in [5.74, 6) is -0.251. The molecule has 140 valence electrons. The van der Waals surface area contributed by atoms with Gasteiger partial charge in [-0.3, -0.25) is 14.2 Å². The molecule has 0 unspecified atom stereocenters. The Kier molecular flexibility index (Phi) is 5.27. The molecule has 27 heavy (non-hydrogen) atoms. The lowest BCUT2D eigenvalue weighted by Crippen LogP contribution is -2.34. The smallest absolute Gasteiger partial charge is 0.276 e. The highest BCUT2D eigenvalue weighted by Crippen LogP contribution is 2.24. The summed E-state index contributed by atoms with van der Waals surface area (Å²) in [6, 6.07) is 7.74. The third-order valence-corrected chi connectivity index (χ3v) is 6.42. The summed E-state index contributed by atoms with van der Waals surface area (Å²) in [7, 11) is 0. The number of aromatic nitrogens is 2. The molecule has 0 bridgehead atoms. The van der Waals surface area contributed by atoms with Crippen molar-refractivity contribution in [3.8, 4) is 5.69 Å². The lowest BCUT2D eigenvalue weighted by molar-refractivity contribution is -0.119. The Bertz CT molecular complexity index is 1020. The van der Waals surface area contributed by atoms with Crippen LogP contribution in [0.25, 0.3) is 15.9 Å². The normalized spacial score (nSPS) is 14.7. The highest BCUT2D eigenvalue weighted by atomic mass is 32.2. The third kappa shape index (κ3) is 3.91. The van der Waals surface area contributed by atoms with Gasteiger partial charge in [0.2, 0.25) is 5.91 Å². The summed E-state index contributed by atoms with van der Waals surface area (Å²) in [6.45, 7) is 0. The van der Waals surface area contributed by atoms with Crippen molar-refractivity contribution in [2.45, 2.75) is 36.9 Å². The Morgan fingerprint density at radius 1 is 1.26 bits per heavy atom. The molecule has 0 aliphatic heterocycles. The Labute approximate surface area is 163 Å². The van der Waals surface area contributed by atoms with Gasteiger partial charge in [-0.25, -0.2) is 9.37 Å². The summed E-state index contributed by atoms with van der Waals surface area (Å²) >= 11 is 2.54. The molecular weight excluding hydrogens is 385 g/mol. The van der Waals surface area contributed by atoms with Gasteiger partial charge in [0.1, 0.15) is 10.5 Å². The highest BCUT2D eigenvalue weighted by molar-refractivity contribution is 7.99. The minimum Gasteiger partial charge on any atom is -0.353 e. The van der Waals surface area contributed by atoms with Crippen LogP contribution < -0.4 is 10.9 Å². The van der Waals surface area contributed by atoms with Gasteiger partial charge in [-0.1, -0.05) is 24.6 Å². The number of carbonyl (C=O) groups is 1. The van der Waals surface area contributed by atoms with E-state index in [2.05, 4.69) is 10.3 Å². The standard InChI is InChI=1S/C19H18FN3O2S2/c20-12-5-7-14(8-6-12)23-18(25)17-15(9-10-26-17)22-19(23)27-11-16(24)21-13-3-1-2-4-13/h5-10,13H,1-4,11H2,(H,21,24). The SMILES string of the molecule is O=C(CSc1nc2ccsc2c(=O)n1-c1ccc(F)cc1)NC1CCCC1. The van der Waals surface area contributed by atoms with E-state index < -0.39 is 0 Å². The van der Waals surface area contributed by atoms with E-state index >= 15 is 0 Å². The fraction of sp³-hybridized carbons (Fsp3) is 0.316. The first kappa shape index (κ1) is 18.2. The Balaban J connectivity index is 1.64. The second kappa shape index (κ2) is 7.82. The Hall–Kier alpha value is -2.19. The van der Waals surface area contributed by atoms with Gasteiger partial charge >= 0.3 is 0 Å². The number of amides is 1. The molecule has 8 heteroatoms. The lowest BCUT2D eigenvalue weighted by atomic mass is 10.2. The van der Waals surface area contributed by atoms with Crippen molar-refractivity contribution in [3.05, 3.63) is 51.9 Å². The Morgan fingerprint density at radius 3 is 2.74 bits per heavy atom. The number of carbonyl (C=O) groups excluding carboxylic acids is 1. The maximum Gasteiger partial charge on any atom is 0.276 e. The van der Waals surface area contributed by atoms with Crippen LogP contribution in [0.5, 0.6) is 0 Å². The quantitative estimate of drug-likeness (QED) is 0.521. The summed E-state index contributed by atoms with van der Waals surface area (Å²) in [5.41, 5.74) is 0.935. The summed E-state index contributed by atoms with van der Waals surface area (Å²) < 4.78 is 15.3. The molecule has 4 rings (SSSR count). The molecule has 1 fully saturated rings. The van der Waals surface area contributed by atoms with Crippen molar-refractivity contribution in [2.24, 2.45) is 0 Å². The molecule has 3 aromatic rings. The van der Waals surface area contributed by atoms with Gasteiger partial charge in [-0.2, -0.15) is 0 Å². The number of thioether (sulfide) groups is 1. The summed E-state index contributed by atoms with van der Waals surface area (Å²) in [5, 5.41) is 5.28. The van der Waals surface area contributed by atoms with E-state index in [1.807, 2.05) is 5.38 Å². The van der Waals surface area contributed by atoms with Gasteiger partial charge in [0.05, 0.1) is 17.0 Å². The van der Waals surface area contributed by atoms with Crippen molar-refractivity contribution in [2.75, 3.05) is 5.75 Å². The fourth-order valence-corrected chi connectivity index (χ4v) is 4.86. The first-order valence-electron chi connectivity index (χ1n) is 8.80. The largest absolute Gasteiger partial charge is 0.353 e. The minimum absolute atomic E-state index is 0.0581.